The van der Waals surface area contributed by atoms with E-state index in [1.807, 2.05) is 6.92 Å². The summed E-state index contributed by atoms with van der Waals surface area (Å²) >= 11 is 0. The van der Waals surface area contributed by atoms with Gasteiger partial charge < -0.3 is 14.6 Å². The molecule has 0 bridgehead atoms. The Morgan fingerprint density at radius 3 is 2.48 bits per heavy atom. The summed E-state index contributed by atoms with van der Waals surface area (Å²) in [5.74, 6) is -0.316. The van der Waals surface area contributed by atoms with Gasteiger partial charge >= 0.3 is 12.1 Å². The monoisotopic (exact) mass is 409 g/mol. The van der Waals surface area contributed by atoms with E-state index in [1.165, 1.54) is 16.7 Å². The van der Waals surface area contributed by atoms with E-state index in [-0.39, 0.29) is 18.1 Å². The Balaban J connectivity index is 1.93. The molecule has 2 aromatic heterocycles. The molecule has 0 radical (unpaired) electrons. The molecule has 0 spiro atoms. The van der Waals surface area contributed by atoms with Crippen molar-refractivity contribution in [3.63, 3.8) is 0 Å². The number of benzene rings is 1. The normalized spacial score (nSPS) is 11.5. The van der Waals surface area contributed by atoms with Crippen molar-refractivity contribution in [3.05, 3.63) is 64.3 Å². The fraction of sp³-hybridized carbons (Fsp3) is 0.263. The number of pyridine rings is 1. The van der Waals surface area contributed by atoms with Crippen molar-refractivity contribution >= 4 is 0 Å². The van der Waals surface area contributed by atoms with Gasteiger partial charge in [0, 0.05) is 12.3 Å². The van der Waals surface area contributed by atoms with E-state index in [2.05, 4.69) is 9.72 Å². The third-order valence-electron chi connectivity index (χ3n) is 4.12. The molecule has 0 saturated carbocycles. The van der Waals surface area contributed by atoms with Crippen LogP contribution in [-0.4, -0.2) is 32.2 Å². The summed E-state index contributed by atoms with van der Waals surface area (Å²) in [7, 11) is 0. The van der Waals surface area contributed by atoms with Gasteiger partial charge in [-0.15, -0.1) is 13.2 Å². The molecular formula is C19H18F3N3O4. The van der Waals surface area contributed by atoms with Crippen molar-refractivity contribution < 1.29 is 27.8 Å². The average Bonchev–Trinajstić information content (AvgIpc) is 2.85. The molecule has 0 saturated heterocycles. The first-order chi connectivity index (χ1) is 13.7. The highest BCUT2D eigenvalue weighted by Crippen LogP contribution is 2.26. The lowest BCUT2D eigenvalue weighted by Crippen LogP contribution is -2.24. The van der Waals surface area contributed by atoms with Crippen molar-refractivity contribution in [2.75, 3.05) is 6.61 Å². The molecule has 10 heteroatoms. The van der Waals surface area contributed by atoms with Crippen molar-refractivity contribution in [1.29, 1.82) is 0 Å². The Morgan fingerprint density at radius 2 is 1.86 bits per heavy atom. The molecule has 0 fully saturated rings. The Bertz CT molecular complexity index is 1060. The van der Waals surface area contributed by atoms with Gasteiger partial charge in [0.15, 0.2) is 0 Å². The van der Waals surface area contributed by atoms with E-state index in [4.69, 9.17) is 4.74 Å². The average molecular weight is 409 g/mol. The number of nitrogens with zero attached hydrogens (tertiary/aromatic N) is 3. The molecule has 3 aromatic rings. The van der Waals surface area contributed by atoms with E-state index >= 15 is 0 Å². The Labute approximate surface area is 163 Å². The summed E-state index contributed by atoms with van der Waals surface area (Å²) in [6.45, 7) is 3.99. The number of aromatic nitrogens is 3. The molecule has 0 aliphatic heterocycles. The first-order valence-corrected chi connectivity index (χ1v) is 8.64. The molecule has 154 valence electrons. The van der Waals surface area contributed by atoms with Crippen LogP contribution in [-0.2, 0) is 6.54 Å². The first kappa shape index (κ1) is 20.3. The number of ether oxygens (including phenoxy) is 2. The summed E-state index contributed by atoms with van der Waals surface area (Å²) in [6.07, 6.45) is -3.26. The summed E-state index contributed by atoms with van der Waals surface area (Å²) in [6, 6.07) is 8.05. The number of hydrogen-bond acceptors (Lipinski definition) is 5. The zero-order chi connectivity index (χ0) is 21.2. The topological polar surface area (TPSA) is 78.5 Å². The molecule has 2 heterocycles. The van der Waals surface area contributed by atoms with Gasteiger partial charge in [-0.3, -0.25) is 4.57 Å². The van der Waals surface area contributed by atoms with Crippen molar-refractivity contribution in [1.82, 2.24) is 14.1 Å². The smallest absolute Gasteiger partial charge is 0.493 e. The quantitative estimate of drug-likeness (QED) is 0.675. The van der Waals surface area contributed by atoms with Crippen LogP contribution in [0.25, 0.3) is 5.69 Å². The summed E-state index contributed by atoms with van der Waals surface area (Å²) < 4.78 is 48.4. The van der Waals surface area contributed by atoms with Crippen LogP contribution in [0.3, 0.4) is 0 Å². The van der Waals surface area contributed by atoms with Gasteiger partial charge in [-0.2, -0.15) is 0 Å². The molecule has 0 unspecified atom stereocenters. The number of aromatic hydroxyl groups is 1. The molecule has 29 heavy (non-hydrogen) atoms. The SMILES string of the molecule is CCOc1cc(Cn2c(C)c(O)n(-c3ccc(OC(F)(F)F)cc3)c2=O)ccn1. The fourth-order valence-corrected chi connectivity index (χ4v) is 2.81. The lowest BCUT2D eigenvalue weighted by atomic mass is 10.2. The first-order valence-electron chi connectivity index (χ1n) is 8.64. The van der Waals surface area contributed by atoms with Crippen LogP contribution in [0.4, 0.5) is 13.2 Å². The van der Waals surface area contributed by atoms with Crippen LogP contribution < -0.4 is 15.2 Å². The second kappa shape index (κ2) is 7.90. The van der Waals surface area contributed by atoms with Gasteiger partial charge in [0.05, 0.1) is 24.5 Å². The van der Waals surface area contributed by atoms with Crippen molar-refractivity contribution in [2.24, 2.45) is 0 Å². The number of halogens is 3. The lowest BCUT2D eigenvalue weighted by molar-refractivity contribution is -0.274. The maximum absolute atomic E-state index is 12.8. The molecule has 3 rings (SSSR count). The van der Waals surface area contributed by atoms with E-state index in [0.717, 1.165) is 22.3 Å². The summed E-state index contributed by atoms with van der Waals surface area (Å²) in [4.78, 5) is 16.9. The van der Waals surface area contributed by atoms with Gasteiger partial charge in [-0.1, -0.05) is 0 Å². The Hall–Kier alpha value is -3.43. The van der Waals surface area contributed by atoms with Crippen LogP contribution in [0.5, 0.6) is 17.5 Å². The maximum Gasteiger partial charge on any atom is 0.573 e. The minimum Gasteiger partial charge on any atom is -0.493 e. The van der Waals surface area contributed by atoms with Gasteiger partial charge in [0.2, 0.25) is 11.8 Å². The van der Waals surface area contributed by atoms with Crippen molar-refractivity contribution in [3.8, 4) is 23.2 Å². The maximum atomic E-state index is 12.8. The number of hydrogen-bond donors (Lipinski definition) is 1. The predicted molar refractivity (Wildman–Crippen MR) is 97.6 cm³/mol. The number of rotatable bonds is 6. The zero-order valence-corrected chi connectivity index (χ0v) is 15.6. The van der Waals surface area contributed by atoms with E-state index in [0.29, 0.717) is 18.2 Å². The molecule has 0 aliphatic carbocycles. The highest BCUT2D eigenvalue weighted by atomic mass is 19.4. The van der Waals surface area contributed by atoms with Crippen LogP contribution in [0.2, 0.25) is 0 Å². The molecule has 0 aliphatic rings. The van der Waals surface area contributed by atoms with Crippen LogP contribution in [0.1, 0.15) is 18.2 Å². The van der Waals surface area contributed by atoms with Crippen molar-refractivity contribution in [2.45, 2.75) is 26.8 Å². The van der Waals surface area contributed by atoms with Gasteiger partial charge in [-0.25, -0.2) is 14.3 Å². The van der Waals surface area contributed by atoms with E-state index in [9.17, 15) is 23.1 Å². The van der Waals surface area contributed by atoms with E-state index in [1.54, 1.807) is 25.3 Å². The number of imidazole rings is 1. The molecule has 7 nitrogen and oxygen atoms in total. The predicted octanol–water partition coefficient (Wildman–Crippen LogP) is 3.39. The van der Waals surface area contributed by atoms with E-state index < -0.39 is 17.8 Å². The molecular weight excluding hydrogens is 391 g/mol. The second-order valence-corrected chi connectivity index (χ2v) is 6.09. The number of alkyl halides is 3. The standard InChI is InChI=1S/C19H18F3N3O4/c1-3-28-16-10-13(8-9-23-16)11-24-12(2)17(26)25(18(24)27)14-4-6-15(7-5-14)29-19(20,21)22/h4-10,26H,3,11H2,1-2H3. The largest absolute Gasteiger partial charge is 0.573 e. The highest BCUT2D eigenvalue weighted by Gasteiger charge is 2.31. The molecule has 0 amide bonds. The highest BCUT2D eigenvalue weighted by molar-refractivity contribution is 5.41. The van der Waals surface area contributed by atoms with Crippen LogP contribution >= 0.6 is 0 Å². The fourth-order valence-electron chi connectivity index (χ4n) is 2.81. The minimum atomic E-state index is -4.81. The van der Waals surface area contributed by atoms with Gasteiger partial charge in [-0.05, 0) is 49.7 Å². The third kappa shape index (κ3) is 4.53. The van der Waals surface area contributed by atoms with Gasteiger partial charge in [0.25, 0.3) is 0 Å². The Kier molecular flexibility index (Phi) is 5.53. The lowest BCUT2D eigenvalue weighted by Gasteiger charge is -2.09. The molecule has 1 aromatic carbocycles. The second-order valence-electron chi connectivity index (χ2n) is 6.09. The molecule has 0 atom stereocenters. The Morgan fingerprint density at radius 1 is 1.17 bits per heavy atom. The minimum absolute atomic E-state index is 0.156. The van der Waals surface area contributed by atoms with Crippen LogP contribution in [0, 0.1) is 6.92 Å². The summed E-state index contributed by atoms with van der Waals surface area (Å²) in [5, 5.41) is 10.4. The zero-order valence-electron chi connectivity index (χ0n) is 15.6. The summed E-state index contributed by atoms with van der Waals surface area (Å²) in [5.41, 5.74) is 0.702. The van der Waals surface area contributed by atoms with Crippen LogP contribution in [0.15, 0.2) is 47.4 Å². The molecule has 1 N–H and O–H groups in total. The third-order valence-corrected chi connectivity index (χ3v) is 4.12. The van der Waals surface area contributed by atoms with Gasteiger partial charge in [0.1, 0.15) is 5.75 Å².